The van der Waals surface area contributed by atoms with Crippen LogP contribution >= 0.6 is 11.3 Å². The van der Waals surface area contributed by atoms with Crippen LogP contribution in [0.3, 0.4) is 0 Å². The van der Waals surface area contributed by atoms with Crippen LogP contribution in [0.15, 0.2) is 54.9 Å². The molecule has 0 saturated carbocycles. The number of amides is 1. The smallest absolute Gasteiger partial charge is 0.268 e. The van der Waals surface area contributed by atoms with Crippen molar-refractivity contribution in [3.8, 4) is 39.1 Å². The minimum atomic E-state index is -0.281. The van der Waals surface area contributed by atoms with Crippen LogP contribution in [0.4, 0.5) is 5.82 Å². The molecule has 0 aliphatic rings. The summed E-state index contributed by atoms with van der Waals surface area (Å²) in [4.78, 5) is 26.5. The Morgan fingerprint density at radius 1 is 0.879 bits per heavy atom. The number of carbonyl (C=O) groups is 1. The topological polar surface area (TPSA) is 95.5 Å². The Bertz CT molecular complexity index is 1290. The molecule has 0 radical (unpaired) electrons. The van der Waals surface area contributed by atoms with Crippen molar-refractivity contribution in [1.29, 1.82) is 0 Å². The zero-order chi connectivity index (χ0) is 23.4. The summed E-state index contributed by atoms with van der Waals surface area (Å²) in [6.45, 7) is 1.80. The monoisotopic (exact) mass is 462 g/mol. The molecule has 4 aromatic rings. The molecule has 0 atom stereocenters. The molecular weight excluding hydrogens is 440 g/mol. The Kier molecular flexibility index (Phi) is 6.50. The lowest BCUT2D eigenvalue weighted by Gasteiger charge is -2.08. The fourth-order valence-electron chi connectivity index (χ4n) is 3.22. The van der Waals surface area contributed by atoms with Gasteiger partial charge in [0.25, 0.3) is 5.91 Å². The summed E-state index contributed by atoms with van der Waals surface area (Å²) in [6, 6.07) is 14.8. The highest BCUT2D eigenvalue weighted by molar-refractivity contribution is 7.17. The summed E-state index contributed by atoms with van der Waals surface area (Å²) in [7, 11) is 4.78. The van der Waals surface area contributed by atoms with Crippen LogP contribution < -0.4 is 19.5 Å². The van der Waals surface area contributed by atoms with Crippen LogP contribution in [0, 0.1) is 6.92 Å². The first-order chi connectivity index (χ1) is 16.0. The summed E-state index contributed by atoms with van der Waals surface area (Å²) in [5, 5.41) is 3.56. The minimum Gasteiger partial charge on any atom is -0.497 e. The molecular formula is C24H22N4O4S. The van der Waals surface area contributed by atoms with Gasteiger partial charge in [0.1, 0.15) is 27.8 Å². The predicted octanol–water partition coefficient (Wildman–Crippen LogP) is 4.85. The quantitative estimate of drug-likeness (QED) is 0.419. The van der Waals surface area contributed by atoms with Crippen molar-refractivity contribution >= 4 is 23.1 Å². The Morgan fingerprint density at radius 3 is 2.30 bits per heavy atom. The molecule has 4 rings (SSSR count). The highest BCUT2D eigenvalue weighted by atomic mass is 32.1. The van der Waals surface area contributed by atoms with Gasteiger partial charge in [-0.3, -0.25) is 4.79 Å². The van der Waals surface area contributed by atoms with E-state index in [4.69, 9.17) is 14.2 Å². The van der Waals surface area contributed by atoms with Gasteiger partial charge in [0, 0.05) is 17.2 Å². The molecule has 9 heteroatoms. The number of aromatic nitrogens is 3. The molecule has 0 spiro atoms. The Hall–Kier alpha value is -3.98. The van der Waals surface area contributed by atoms with E-state index in [-0.39, 0.29) is 5.91 Å². The second kappa shape index (κ2) is 9.66. The van der Waals surface area contributed by atoms with Gasteiger partial charge in [-0.15, -0.1) is 11.3 Å². The van der Waals surface area contributed by atoms with E-state index in [0.29, 0.717) is 38.6 Å². The van der Waals surface area contributed by atoms with Gasteiger partial charge in [-0.2, -0.15) is 0 Å². The van der Waals surface area contributed by atoms with E-state index in [1.807, 2.05) is 42.5 Å². The van der Waals surface area contributed by atoms with Crippen LogP contribution in [0.25, 0.3) is 21.8 Å². The third kappa shape index (κ3) is 4.78. The van der Waals surface area contributed by atoms with Gasteiger partial charge >= 0.3 is 0 Å². The van der Waals surface area contributed by atoms with Crippen LogP contribution in [-0.2, 0) is 0 Å². The number of rotatable bonds is 7. The molecule has 2 aromatic carbocycles. The van der Waals surface area contributed by atoms with Crippen molar-refractivity contribution in [2.24, 2.45) is 0 Å². The fraction of sp³-hybridized carbons (Fsp3) is 0.167. The molecule has 0 aliphatic carbocycles. The number of methoxy groups -OCH3 is 3. The number of hydrogen-bond acceptors (Lipinski definition) is 8. The van der Waals surface area contributed by atoms with Gasteiger partial charge in [-0.1, -0.05) is 0 Å². The molecule has 0 fully saturated rings. The van der Waals surface area contributed by atoms with Gasteiger partial charge in [0.05, 0.1) is 32.7 Å². The van der Waals surface area contributed by atoms with Crippen molar-refractivity contribution in [2.45, 2.75) is 6.92 Å². The maximum atomic E-state index is 13.0. The lowest BCUT2D eigenvalue weighted by molar-refractivity contribution is 0.102. The zero-order valence-electron chi connectivity index (χ0n) is 18.6. The summed E-state index contributed by atoms with van der Waals surface area (Å²) < 4.78 is 15.9. The predicted molar refractivity (Wildman–Crippen MR) is 127 cm³/mol. The van der Waals surface area contributed by atoms with Crippen LogP contribution in [-0.4, -0.2) is 42.2 Å². The van der Waals surface area contributed by atoms with Crippen LogP contribution in [0.5, 0.6) is 17.2 Å². The minimum absolute atomic E-state index is 0.281. The Balaban J connectivity index is 1.55. The van der Waals surface area contributed by atoms with E-state index in [2.05, 4.69) is 20.3 Å². The van der Waals surface area contributed by atoms with Gasteiger partial charge in [-0.25, -0.2) is 15.0 Å². The second-order valence-electron chi connectivity index (χ2n) is 6.97. The average molecular weight is 463 g/mol. The second-order valence-corrected chi connectivity index (χ2v) is 7.97. The van der Waals surface area contributed by atoms with Crippen molar-refractivity contribution in [3.05, 3.63) is 65.4 Å². The number of nitrogens with zero attached hydrogens (tertiary/aromatic N) is 3. The van der Waals surface area contributed by atoms with Gasteiger partial charge < -0.3 is 19.5 Å². The molecule has 2 heterocycles. The van der Waals surface area contributed by atoms with E-state index in [9.17, 15) is 4.79 Å². The normalized spacial score (nSPS) is 10.5. The first kappa shape index (κ1) is 22.2. The molecule has 0 aliphatic heterocycles. The number of hydrogen-bond donors (Lipinski definition) is 1. The standard InChI is InChI=1S/C24H22N4O4S/c1-14-22(33-24(27-14)16-7-10-19(31-3)20(11-16)32-4)23(29)28-21-12-18(25-13-26-21)15-5-8-17(30-2)9-6-15/h5-13H,1-4H3,(H,25,26,28,29). The van der Waals surface area contributed by atoms with E-state index in [1.165, 1.54) is 17.7 Å². The van der Waals surface area contributed by atoms with Crippen LogP contribution in [0.1, 0.15) is 15.4 Å². The largest absolute Gasteiger partial charge is 0.497 e. The number of ether oxygens (including phenoxy) is 3. The summed E-state index contributed by atoms with van der Waals surface area (Å²) in [5.74, 6) is 2.11. The molecule has 168 valence electrons. The highest BCUT2D eigenvalue weighted by Gasteiger charge is 2.18. The maximum absolute atomic E-state index is 13.0. The van der Waals surface area contributed by atoms with Crippen molar-refractivity contribution in [3.63, 3.8) is 0 Å². The molecule has 0 unspecified atom stereocenters. The summed E-state index contributed by atoms with van der Waals surface area (Å²) in [6.07, 6.45) is 1.42. The lowest BCUT2D eigenvalue weighted by Crippen LogP contribution is -2.12. The summed E-state index contributed by atoms with van der Waals surface area (Å²) >= 11 is 1.30. The number of thiazole rings is 1. The number of nitrogens with one attached hydrogen (secondary N) is 1. The lowest BCUT2D eigenvalue weighted by atomic mass is 10.1. The van der Waals surface area contributed by atoms with E-state index >= 15 is 0 Å². The first-order valence-corrected chi connectivity index (χ1v) is 10.8. The van der Waals surface area contributed by atoms with Crippen molar-refractivity contribution in [2.75, 3.05) is 26.6 Å². The average Bonchev–Trinajstić information content (AvgIpc) is 3.25. The maximum Gasteiger partial charge on any atom is 0.268 e. The van der Waals surface area contributed by atoms with Crippen LogP contribution in [0.2, 0.25) is 0 Å². The van der Waals surface area contributed by atoms with Gasteiger partial charge in [-0.05, 0) is 49.4 Å². The van der Waals surface area contributed by atoms with Gasteiger partial charge in [0.2, 0.25) is 0 Å². The van der Waals surface area contributed by atoms with E-state index in [1.54, 1.807) is 34.3 Å². The number of aryl methyl sites for hydroxylation is 1. The first-order valence-electron chi connectivity index (χ1n) is 10.00. The molecule has 2 aromatic heterocycles. The molecule has 1 amide bonds. The zero-order valence-corrected chi connectivity index (χ0v) is 19.4. The number of benzene rings is 2. The highest BCUT2D eigenvalue weighted by Crippen LogP contribution is 2.35. The third-order valence-corrected chi connectivity index (χ3v) is 6.13. The fourth-order valence-corrected chi connectivity index (χ4v) is 4.18. The molecule has 33 heavy (non-hydrogen) atoms. The SMILES string of the molecule is COc1ccc(-c2cc(NC(=O)c3sc(-c4ccc(OC)c(OC)c4)nc3C)ncn2)cc1. The third-order valence-electron chi connectivity index (χ3n) is 4.93. The molecule has 1 N–H and O–H groups in total. The summed E-state index contributed by atoms with van der Waals surface area (Å²) in [5.41, 5.74) is 3.05. The van der Waals surface area contributed by atoms with Crippen molar-refractivity contribution in [1.82, 2.24) is 15.0 Å². The molecule has 0 bridgehead atoms. The number of carbonyl (C=O) groups excluding carboxylic acids is 1. The molecule has 8 nitrogen and oxygen atoms in total. The van der Waals surface area contributed by atoms with Crippen molar-refractivity contribution < 1.29 is 19.0 Å². The van der Waals surface area contributed by atoms with E-state index < -0.39 is 0 Å². The van der Waals surface area contributed by atoms with Gasteiger partial charge in [0.15, 0.2) is 11.5 Å². The molecule has 0 saturated heterocycles. The Morgan fingerprint density at radius 2 is 1.61 bits per heavy atom. The Labute approximate surface area is 195 Å². The van der Waals surface area contributed by atoms with E-state index in [0.717, 1.165) is 16.9 Å². The number of anilines is 1.